The lowest BCUT2D eigenvalue weighted by Crippen LogP contribution is -2.13. The van der Waals surface area contributed by atoms with Gasteiger partial charge in [0.25, 0.3) is 5.91 Å². The Bertz CT molecular complexity index is 651. The molecular formula is C16H17ClN2O2. The molecule has 2 aromatic rings. The second-order valence-electron chi connectivity index (χ2n) is 4.57. The van der Waals surface area contributed by atoms with Crippen molar-refractivity contribution in [2.45, 2.75) is 13.8 Å². The van der Waals surface area contributed by atoms with Crippen molar-refractivity contribution in [3.05, 3.63) is 52.5 Å². The monoisotopic (exact) mass is 304 g/mol. The van der Waals surface area contributed by atoms with E-state index >= 15 is 0 Å². The molecule has 0 heterocycles. The van der Waals surface area contributed by atoms with Crippen molar-refractivity contribution in [2.75, 3.05) is 17.7 Å². The second-order valence-corrected chi connectivity index (χ2v) is 4.98. The Morgan fingerprint density at radius 3 is 2.71 bits per heavy atom. The van der Waals surface area contributed by atoms with Crippen LogP contribution in [0.15, 0.2) is 36.4 Å². The van der Waals surface area contributed by atoms with Crippen molar-refractivity contribution >= 4 is 28.9 Å². The van der Waals surface area contributed by atoms with E-state index in [1.165, 1.54) is 0 Å². The molecule has 110 valence electrons. The molecule has 0 atom stereocenters. The highest BCUT2D eigenvalue weighted by Crippen LogP contribution is 2.27. The Morgan fingerprint density at radius 2 is 2.10 bits per heavy atom. The first kappa shape index (κ1) is 15.2. The fraction of sp³-hybridized carbons (Fsp3) is 0.188. The summed E-state index contributed by atoms with van der Waals surface area (Å²) < 4.78 is 5.35. The van der Waals surface area contributed by atoms with Gasteiger partial charge in [0.15, 0.2) is 0 Å². The van der Waals surface area contributed by atoms with Crippen molar-refractivity contribution in [3.8, 4) is 5.75 Å². The largest absolute Gasteiger partial charge is 0.492 e. The van der Waals surface area contributed by atoms with E-state index in [9.17, 15) is 4.79 Å². The van der Waals surface area contributed by atoms with Gasteiger partial charge < -0.3 is 15.8 Å². The zero-order valence-corrected chi connectivity index (χ0v) is 12.7. The van der Waals surface area contributed by atoms with Crippen molar-refractivity contribution < 1.29 is 9.53 Å². The number of carbonyl (C=O) groups excluding carboxylic acids is 1. The zero-order chi connectivity index (χ0) is 15.4. The van der Waals surface area contributed by atoms with Crippen LogP contribution in [0, 0.1) is 6.92 Å². The molecule has 4 nitrogen and oxygen atoms in total. The topological polar surface area (TPSA) is 64.3 Å². The first-order valence-corrected chi connectivity index (χ1v) is 6.99. The number of nitrogens with one attached hydrogen (secondary N) is 1. The van der Waals surface area contributed by atoms with Gasteiger partial charge in [0.1, 0.15) is 5.75 Å². The number of amides is 1. The summed E-state index contributed by atoms with van der Waals surface area (Å²) in [6.07, 6.45) is 0. The third-order valence-corrected chi connectivity index (χ3v) is 3.35. The number of nitrogens with two attached hydrogens (primary N) is 1. The van der Waals surface area contributed by atoms with Crippen LogP contribution < -0.4 is 15.8 Å². The molecule has 0 radical (unpaired) electrons. The fourth-order valence-corrected chi connectivity index (χ4v) is 2.22. The molecule has 0 unspecified atom stereocenters. The minimum atomic E-state index is -0.263. The summed E-state index contributed by atoms with van der Waals surface area (Å²) in [6, 6.07) is 10.4. The molecule has 1 amide bonds. The summed E-state index contributed by atoms with van der Waals surface area (Å²) in [5.41, 5.74) is 8.26. The van der Waals surface area contributed by atoms with Gasteiger partial charge >= 0.3 is 0 Å². The standard InChI is InChI=1S/C16H17ClN2O2/c1-3-21-14-8-7-11(9-13(14)18)16(20)19-15-10(2)5-4-6-12(15)17/h4-9H,3,18H2,1-2H3,(H,19,20). The second kappa shape index (κ2) is 6.50. The Kier molecular flexibility index (Phi) is 4.70. The first-order chi connectivity index (χ1) is 10.0. The molecule has 0 aliphatic heterocycles. The molecule has 21 heavy (non-hydrogen) atoms. The highest BCUT2D eigenvalue weighted by molar-refractivity contribution is 6.34. The number of ether oxygens (including phenoxy) is 1. The third-order valence-electron chi connectivity index (χ3n) is 3.03. The van der Waals surface area contributed by atoms with Crippen LogP contribution in [-0.4, -0.2) is 12.5 Å². The van der Waals surface area contributed by atoms with Crippen LogP contribution in [0.2, 0.25) is 5.02 Å². The number of hydrogen-bond acceptors (Lipinski definition) is 3. The number of nitrogen functional groups attached to an aromatic ring is 1. The van der Waals surface area contributed by atoms with Crippen molar-refractivity contribution in [2.24, 2.45) is 0 Å². The lowest BCUT2D eigenvalue weighted by molar-refractivity contribution is 0.102. The maximum absolute atomic E-state index is 12.3. The van der Waals surface area contributed by atoms with Crippen molar-refractivity contribution in [1.82, 2.24) is 0 Å². The van der Waals surface area contributed by atoms with Gasteiger partial charge in [-0.05, 0) is 43.7 Å². The predicted octanol–water partition coefficient (Wildman–Crippen LogP) is 3.88. The maximum Gasteiger partial charge on any atom is 0.255 e. The van der Waals surface area contributed by atoms with Crippen LogP contribution in [0.4, 0.5) is 11.4 Å². The molecule has 0 aliphatic carbocycles. The van der Waals surface area contributed by atoms with Gasteiger partial charge in [-0.3, -0.25) is 4.79 Å². The maximum atomic E-state index is 12.3. The molecule has 2 rings (SSSR count). The van der Waals surface area contributed by atoms with Gasteiger partial charge in [0, 0.05) is 5.56 Å². The number of hydrogen-bond donors (Lipinski definition) is 2. The SMILES string of the molecule is CCOc1ccc(C(=O)Nc2c(C)cccc2Cl)cc1N. The van der Waals surface area contributed by atoms with E-state index < -0.39 is 0 Å². The molecule has 0 saturated carbocycles. The Morgan fingerprint density at radius 1 is 1.33 bits per heavy atom. The molecule has 0 bridgehead atoms. The van der Waals surface area contributed by atoms with Gasteiger partial charge in [-0.1, -0.05) is 23.7 Å². The summed E-state index contributed by atoms with van der Waals surface area (Å²) in [5.74, 6) is 0.309. The quantitative estimate of drug-likeness (QED) is 0.842. The number of benzene rings is 2. The summed E-state index contributed by atoms with van der Waals surface area (Å²) >= 11 is 6.10. The van der Waals surface area contributed by atoms with E-state index in [-0.39, 0.29) is 5.91 Å². The molecule has 0 fully saturated rings. The molecule has 0 aromatic heterocycles. The number of halogens is 1. The van der Waals surface area contributed by atoms with Crippen LogP contribution in [0.5, 0.6) is 5.75 Å². The van der Waals surface area contributed by atoms with E-state index in [2.05, 4.69) is 5.32 Å². The minimum absolute atomic E-state index is 0.263. The Labute approximate surface area is 128 Å². The number of aryl methyl sites for hydroxylation is 1. The smallest absolute Gasteiger partial charge is 0.255 e. The summed E-state index contributed by atoms with van der Waals surface area (Å²) in [4.78, 5) is 12.3. The lowest BCUT2D eigenvalue weighted by atomic mass is 10.1. The average Bonchev–Trinajstić information content (AvgIpc) is 2.45. The summed E-state index contributed by atoms with van der Waals surface area (Å²) in [5, 5.41) is 3.31. The summed E-state index contributed by atoms with van der Waals surface area (Å²) in [6.45, 7) is 4.28. The molecular weight excluding hydrogens is 288 g/mol. The Hall–Kier alpha value is -2.20. The van der Waals surface area contributed by atoms with Crippen LogP contribution in [0.25, 0.3) is 0 Å². The van der Waals surface area contributed by atoms with E-state index in [0.717, 1.165) is 5.56 Å². The van der Waals surface area contributed by atoms with Crippen molar-refractivity contribution in [1.29, 1.82) is 0 Å². The number of anilines is 2. The lowest BCUT2D eigenvalue weighted by Gasteiger charge is -2.12. The Balaban J connectivity index is 2.23. The predicted molar refractivity (Wildman–Crippen MR) is 86.2 cm³/mol. The number of rotatable bonds is 4. The number of carbonyl (C=O) groups is 1. The van der Waals surface area contributed by atoms with Gasteiger partial charge in [-0.25, -0.2) is 0 Å². The van der Waals surface area contributed by atoms with Gasteiger partial charge in [-0.15, -0.1) is 0 Å². The van der Waals surface area contributed by atoms with E-state index in [0.29, 0.717) is 34.3 Å². The molecule has 0 spiro atoms. The van der Waals surface area contributed by atoms with E-state index in [4.69, 9.17) is 22.1 Å². The molecule has 5 heteroatoms. The third kappa shape index (κ3) is 3.47. The van der Waals surface area contributed by atoms with Gasteiger partial charge in [-0.2, -0.15) is 0 Å². The molecule has 2 aromatic carbocycles. The highest BCUT2D eigenvalue weighted by atomic mass is 35.5. The summed E-state index contributed by atoms with van der Waals surface area (Å²) in [7, 11) is 0. The van der Waals surface area contributed by atoms with Crippen LogP contribution >= 0.6 is 11.6 Å². The van der Waals surface area contributed by atoms with Crippen molar-refractivity contribution in [3.63, 3.8) is 0 Å². The van der Waals surface area contributed by atoms with E-state index in [1.807, 2.05) is 26.0 Å². The van der Waals surface area contributed by atoms with E-state index in [1.54, 1.807) is 24.3 Å². The number of para-hydroxylation sites is 1. The minimum Gasteiger partial charge on any atom is -0.492 e. The van der Waals surface area contributed by atoms with Gasteiger partial charge in [0.2, 0.25) is 0 Å². The zero-order valence-electron chi connectivity index (χ0n) is 11.9. The normalized spacial score (nSPS) is 10.2. The fourth-order valence-electron chi connectivity index (χ4n) is 1.95. The molecule has 0 saturated heterocycles. The molecule has 3 N–H and O–H groups in total. The van der Waals surface area contributed by atoms with Crippen LogP contribution in [-0.2, 0) is 0 Å². The van der Waals surface area contributed by atoms with Gasteiger partial charge in [0.05, 0.1) is 23.0 Å². The molecule has 0 aliphatic rings. The van der Waals surface area contributed by atoms with Crippen LogP contribution in [0.3, 0.4) is 0 Å². The average molecular weight is 305 g/mol. The highest BCUT2D eigenvalue weighted by Gasteiger charge is 2.12. The first-order valence-electron chi connectivity index (χ1n) is 6.61. The van der Waals surface area contributed by atoms with Crippen LogP contribution in [0.1, 0.15) is 22.8 Å².